The monoisotopic (exact) mass is 268 g/mol. The number of carbonyl (C=O) groups is 1. The van der Waals surface area contributed by atoms with Gasteiger partial charge in [0.15, 0.2) is 5.82 Å². The molecule has 0 aliphatic rings. The molecular weight excluding hydrogens is 252 g/mol. The lowest BCUT2D eigenvalue weighted by Crippen LogP contribution is -2.08. The highest BCUT2D eigenvalue weighted by atomic mass is 16.4. The number of benzene rings is 1. The lowest BCUT2D eigenvalue weighted by Gasteiger charge is -2.08. The summed E-state index contributed by atoms with van der Waals surface area (Å²) in [7, 11) is 0. The maximum Gasteiger partial charge on any atom is 0.339 e. The van der Waals surface area contributed by atoms with E-state index in [9.17, 15) is 4.79 Å². The molecule has 0 bridgehead atoms. The van der Waals surface area contributed by atoms with Gasteiger partial charge >= 0.3 is 5.97 Å². The van der Waals surface area contributed by atoms with Gasteiger partial charge in [-0.15, -0.1) is 0 Å². The van der Waals surface area contributed by atoms with Gasteiger partial charge in [0, 0.05) is 6.20 Å². The van der Waals surface area contributed by atoms with Crippen molar-refractivity contribution >= 4 is 18.1 Å². The van der Waals surface area contributed by atoms with Gasteiger partial charge in [-0.2, -0.15) is 0 Å². The molecule has 0 amide bonds. The fourth-order valence-corrected chi connectivity index (χ4v) is 1.83. The average molecular weight is 268 g/mol. The van der Waals surface area contributed by atoms with Gasteiger partial charge in [-0.05, 0) is 17.6 Å². The van der Waals surface area contributed by atoms with Crippen molar-refractivity contribution in [2.45, 2.75) is 19.8 Å². The van der Waals surface area contributed by atoms with E-state index in [4.69, 9.17) is 5.11 Å². The number of nitrogens with zero attached hydrogens (tertiary/aromatic N) is 2. The van der Waals surface area contributed by atoms with Gasteiger partial charge in [0.25, 0.3) is 0 Å². The SMILES string of the molecule is CC(C)c1nc(/C=C/c2ccccc2)ncc1C(=O)O. The first kappa shape index (κ1) is 13.9. The highest BCUT2D eigenvalue weighted by Crippen LogP contribution is 2.17. The standard InChI is InChI=1S/C16H16N2O2/c1-11(2)15-13(16(19)20)10-17-14(18-15)9-8-12-6-4-3-5-7-12/h3-11H,1-2H3,(H,19,20)/b9-8+. The Hall–Kier alpha value is -2.49. The van der Waals surface area contributed by atoms with Crippen molar-refractivity contribution in [3.63, 3.8) is 0 Å². The van der Waals surface area contributed by atoms with Crippen LogP contribution < -0.4 is 0 Å². The van der Waals surface area contributed by atoms with Crippen LogP contribution in [0.25, 0.3) is 12.2 Å². The van der Waals surface area contributed by atoms with Crippen LogP contribution in [0, 0.1) is 0 Å². The van der Waals surface area contributed by atoms with Crippen molar-refractivity contribution in [3.05, 3.63) is 59.2 Å². The Morgan fingerprint density at radius 1 is 1.20 bits per heavy atom. The fourth-order valence-electron chi connectivity index (χ4n) is 1.83. The van der Waals surface area contributed by atoms with E-state index in [1.807, 2.05) is 50.3 Å². The van der Waals surface area contributed by atoms with Gasteiger partial charge < -0.3 is 5.11 Å². The summed E-state index contributed by atoms with van der Waals surface area (Å²) in [6, 6.07) is 9.81. The van der Waals surface area contributed by atoms with E-state index in [2.05, 4.69) is 9.97 Å². The number of carboxylic acids is 1. The Labute approximate surface area is 117 Å². The first-order valence-electron chi connectivity index (χ1n) is 6.41. The van der Waals surface area contributed by atoms with Crippen LogP contribution in [-0.4, -0.2) is 21.0 Å². The van der Waals surface area contributed by atoms with Crippen molar-refractivity contribution in [1.82, 2.24) is 9.97 Å². The van der Waals surface area contributed by atoms with Gasteiger partial charge in [0.1, 0.15) is 0 Å². The number of hydrogen-bond acceptors (Lipinski definition) is 3. The second kappa shape index (κ2) is 6.10. The molecule has 0 spiro atoms. The molecule has 1 aromatic heterocycles. The Bertz CT molecular complexity index is 634. The largest absolute Gasteiger partial charge is 0.478 e. The second-order valence-corrected chi connectivity index (χ2v) is 4.73. The summed E-state index contributed by atoms with van der Waals surface area (Å²) in [5.41, 5.74) is 1.77. The summed E-state index contributed by atoms with van der Waals surface area (Å²) < 4.78 is 0. The summed E-state index contributed by atoms with van der Waals surface area (Å²) >= 11 is 0. The van der Waals surface area contributed by atoms with Crippen molar-refractivity contribution in [3.8, 4) is 0 Å². The predicted octanol–water partition coefficient (Wildman–Crippen LogP) is 3.47. The van der Waals surface area contributed by atoms with Crippen molar-refractivity contribution in [2.75, 3.05) is 0 Å². The quantitative estimate of drug-likeness (QED) is 0.922. The van der Waals surface area contributed by atoms with Crippen LogP contribution in [0.1, 0.15) is 47.2 Å². The molecule has 0 saturated carbocycles. The normalized spacial score (nSPS) is 11.2. The smallest absolute Gasteiger partial charge is 0.339 e. The van der Waals surface area contributed by atoms with E-state index in [0.29, 0.717) is 11.5 Å². The third-order valence-electron chi connectivity index (χ3n) is 2.84. The van der Waals surface area contributed by atoms with Gasteiger partial charge in [-0.3, -0.25) is 0 Å². The van der Waals surface area contributed by atoms with E-state index in [0.717, 1.165) is 5.56 Å². The molecule has 0 radical (unpaired) electrons. The average Bonchev–Trinajstić information content (AvgIpc) is 2.45. The van der Waals surface area contributed by atoms with Crippen molar-refractivity contribution in [1.29, 1.82) is 0 Å². The summed E-state index contributed by atoms with van der Waals surface area (Å²) in [4.78, 5) is 19.5. The second-order valence-electron chi connectivity index (χ2n) is 4.73. The van der Waals surface area contributed by atoms with Crippen LogP contribution in [0.15, 0.2) is 36.5 Å². The molecule has 0 saturated heterocycles. The van der Waals surface area contributed by atoms with E-state index in [-0.39, 0.29) is 11.5 Å². The Morgan fingerprint density at radius 3 is 2.50 bits per heavy atom. The van der Waals surface area contributed by atoms with Crippen LogP contribution in [0.3, 0.4) is 0 Å². The maximum absolute atomic E-state index is 11.1. The molecule has 0 fully saturated rings. The topological polar surface area (TPSA) is 63.1 Å². The molecule has 1 aromatic carbocycles. The fraction of sp³-hybridized carbons (Fsp3) is 0.188. The van der Waals surface area contributed by atoms with Crippen LogP contribution in [0.5, 0.6) is 0 Å². The Balaban J connectivity index is 2.32. The summed E-state index contributed by atoms with van der Waals surface area (Å²) in [5, 5.41) is 9.12. The van der Waals surface area contributed by atoms with Crippen LogP contribution >= 0.6 is 0 Å². The molecule has 0 atom stereocenters. The van der Waals surface area contributed by atoms with E-state index in [1.54, 1.807) is 6.08 Å². The van der Waals surface area contributed by atoms with Crippen molar-refractivity contribution < 1.29 is 9.90 Å². The van der Waals surface area contributed by atoms with E-state index in [1.165, 1.54) is 6.20 Å². The summed E-state index contributed by atoms with van der Waals surface area (Å²) in [5.74, 6) is -0.442. The van der Waals surface area contributed by atoms with Crippen LogP contribution in [0.4, 0.5) is 0 Å². The zero-order valence-corrected chi connectivity index (χ0v) is 11.4. The predicted molar refractivity (Wildman–Crippen MR) is 78.5 cm³/mol. The zero-order chi connectivity index (χ0) is 14.5. The molecule has 1 N–H and O–H groups in total. The molecule has 102 valence electrons. The molecule has 4 heteroatoms. The minimum absolute atomic E-state index is 0.0352. The lowest BCUT2D eigenvalue weighted by atomic mass is 10.1. The lowest BCUT2D eigenvalue weighted by molar-refractivity contribution is 0.0694. The Kier molecular flexibility index (Phi) is 4.25. The first-order chi connectivity index (χ1) is 9.58. The maximum atomic E-state index is 11.1. The van der Waals surface area contributed by atoms with E-state index < -0.39 is 5.97 Å². The van der Waals surface area contributed by atoms with Gasteiger partial charge in [-0.1, -0.05) is 50.3 Å². The number of aromatic carboxylic acids is 1. The molecule has 0 aliphatic heterocycles. The van der Waals surface area contributed by atoms with Gasteiger partial charge in [0.2, 0.25) is 0 Å². The highest BCUT2D eigenvalue weighted by molar-refractivity contribution is 5.88. The van der Waals surface area contributed by atoms with E-state index >= 15 is 0 Å². The third-order valence-corrected chi connectivity index (χ3v) is 2.84. The minimum Gasteiger partial charge on any atom is -0.478 e. The van der Waals surface area contributed by atoms with Gasteiger partial charge in [0.05, 0.1) is 11.3 Å². The number of hydrogen-bond donors (Lipinski definition) is 1. The molecule has 0 unspecified atom stereocenters. The molecule has 20 heavy (non-hydrogen) atoms. The minimum atomic E-state index is -0.993. The number of carboxylic acid groups (broad SMARTS) is 1. The summed E-state index contributed by atoms with van der Waals surface area (Å²) in [6.07, 6.45) is 5.06. The zero-order valence-electron chi connectivity index (χ0n) is 11.4. The molecule has 0 aliphatic carbocycles. The van der Waals surface area contributed by atoms with Crippen LogP contribution in [0.2, 0.25) is 0 Å². The molecule has 2 rings (SSSR count). The number of aromatic nitrogens is 2. The first-order valence-corrected chi connectivity index (χ1v) is 6.41. The van der Waals surface area contributed by atoms with Crippen LogP contribution in [-0.2, 0) is 0 Å². The van der Waals surface area contributed by atoms with Gasteiger partial charge in [-0.25, -0.2) is 14.8 Å². The molecule has 4 nitrogen and oxygen atoms in total. The molecular formula is C16H16N2O2. The molecule has 2 aromatic rings. The molecule has 1 heterocycles. The highest BCUT2D eigenvalue weighted by Gasteiger charge is 2.15. The van der Waals surface area contributed by atoms with Crippen molar-refractivity contribution in [2.24, 2.45) is 0 Å². The summed E-state index contributed by atoms with van der Waals surface area (Å²) in [6.45, 7) is 3.83. The third kappa shape index (κ3) is 3.29. The Morgan fingerprint density at radius 2 is 1.90 bits per heavy atom. The number of rotatable bonds is 4.